The first-order valence-electron chi connectivity index (χ1n) is 9.64. The summed E-state index contributed by atoms with van der Waals surface area (Å²) in [6.07, 6.45) is 3.97. The number of ether oxygens (including phenoxy) is 2. The van der Waals surface area contributed by atoms with E-state index in [2.05, 4.69) is 11.9 Å². The molecule has 7 heteroatoms. The van der Waals surface area contributed by atoms with Gasteiger partial charge in [0.05, 0.1) is 18.9 Å². The highest BCUT2D eigenvalue weighted by atomic mass is 35.5. The van der Waals surface area contributed by atoms with E-state index >= 15 is 0 Å². The van der Waals surface area contributed by atoms with Gasteiger partial charge in [-0.3, -0.25) is 4.79 Å². The zero-order chi connectivity index (χ0) is 21.7. The zero-order valence-corrected chi connectivity index (χ0v) is 17.7. The number of imide groups is 1. The van der Waals surface area contributed by atoms with E-state index in [1.807, 2.05) is 19.9 Å². The molecule has 156 valence electrons. The minimum Gasteiger partial charge on any atom is -0.490 e. The molecule has 1 heterocycles. The van der Waals surface area contributed by atoms with Gasteiger partial charge in [0.15, 0.2) is 11.5 Å². The van der Waals surface area contributed by atoms with Crippen molar-refractivity contribution in [3.63, 3.8) is 0 Å². The van der Waals surface area contributed by atoms with Crippen molar-refractivity contribution in [2.24, 2.45) is 0 Å². The number of hydrogen-bond donors (Lipinski definition) is 1. The molecule has 0 bridgehead atoms. The third kappa shape index (κ3) is 4.49. The van der Waals surface area contributed by atoms with Crippen LogP contribution in [0.1, 0.15) is 25.0 Å². The molecule has 6 nitrogen and oxygen atoms in total. The molecule has 0 aliphatic carbocycles. The maximum atomic E-state index is 12.9. The smallest absolute Gasteiger partial charge is 0.333 e. The fraction of sp³-hybridized carbons (Fsp3) is 0.217. The Morgan fingerprint density at radius 3 is 2.43 bits per heavy atom. The highest BCUT2D eigenvalue weighted by molar-refractivity contribution is 6.31. The largest absolute Gasteiger partial charge is 0.490 e. The molecule has 0 radical (unpaired) electrons. The number of nitrogens with one attached hydrogen (secondary N) is 1. The standard InChI is InChI=1S/C23H23ClN2O4/c1-4-7-16-12-15(14-20(29-5-2)21(16)30-6-3)13-19-22(27)26(23(28)25-19)18-10-8-17(24)9-11-18/h4,8-14H,1,5-7H2,2-3H3,(H,25,28)/b19-13+. The van der Waals surface area contributed by atoms with Crippen LogP contribution in [0.5, 0.6) is 11.5 Å². The summed E-state index contributed by atoms with van der Waals surface area (Å²) in [4.78, 5) is 26.4. The number of hydrogen-bond acceptors (Lipinski definition) is 4. The van der Waals surface area contributed by atoms with Crippen LogP contribution in [0.4, 0.5) is 10.5 Å². The summed E-state index contributed by atoms with van der Waals surface area (Å²) in [7, 11) is 0. The normalized spacial score (nSPS) is 14.8. The number of amides is 3. The molecule has 2 aromatic rings. The Hall–Kier alpha value is -3.25. The lowest BCUT2D eigenvalue weighted by Gasteiger charge is -2.16. The number of anilines is 1. The number of halogens is 1. The Kier molecular flexibility index (Phi) is 6.79. The van der Waals surface area contributed by atoms with Gasteiger partial charge in [0.25, 0.3) is 5.91 Å². The first-order chi connectivity index (χ1) is 14.5. The summed E-state index contributed by atoms with van der Waals surface area (Å²) < 4.78 is 11.5. The second kappa shape index (κ2) is 9.50. The van der Waals surface area contributed by atoms with Gasteiger partial charge in [-0.15, -0.1) is 6.58 Å². The van der Waals surface area contributed by atoms with Gasteiger partial charge in [-0.25, -0.2) is 9.69 Å². The van der Waals surface area contributed by atoms with Crippen LogP contribution in [0, 0.1) is 0 Å². The Balaban J connectivity index is 1.99. The van der Waals surface area contributed by atoms with Crippen LogP contribution < -0.4 is 19.7 Å². The number of urea groups is 1. The van der Waals surface area contributed by atoms with Crippen molar-refractivity contribution >= 4 is 35.3 Å². The van der Waals surface area contributed by atoms with Gasteiger partial charge in [-0.1, -0.05) is 17.7 Å². The summed E-state index contributed by atoms with van der Waals surface area (Å²) in [6.45, 7) is 8.55. The van der Waals surface area contributed by atoms with Crippen LogP contribution in [-0.4, -0.2) is 25.2 Å². The van der Waals surface area contributed by atoms with E-state index in [-0.39, 0.29) is 5.70 Å². The van der Waals surface area contributed by atoms with Gasteiger partial charge in [0.2, 0.25) is 0 Å². The monoisotopic (exact) mass is 426 g/mol. The molecule has 30 heavy (non-hydrogen) atoms. The Morgan fingerprint density at radius 1 is 1.10 bits per heavy atom. The van der Waals surface area contributed by atoms with Gasteiger partial charge < -0.3 is 14.8 Å². The fourth-order valence-corrected chi connectivity index (χ4v) is 3.30. The predicted molar refractivity (Wildman–Crippen MR) is 118 cm³/mol. The summed E-state index contributed by atoms with van der Waals surface area (Å²) in [5.74, 6) is 0.794. The Bertz CT molecular complexity index is 999. The average molecular weight is 427 g/mol. The molecule has 1 aliphatic rings. The van der Waals surface area contributed by atoms with Gasteiger partial charge in [0, 0.05) is 10.6 Å². The quantitative estimate of drug-likeness (QED) is 0.368. The second-order valence-electron chi connectivity index (χ2n) is 6.47. The van der Waals surface area contributed by atoms with Crippen LogP contribution in [0.3, 0.4) is 0 Å². The van der Waals surface area contributed by atoms with E-state index in [4.69, 9.17) is 21.1 Å². The van der Waals surface area contributed by atoms with Crippen LogP contribution >= 0.6 is 11.6 Å². The highest BCUT2D eigenvalue weighted by Crippen LogP contribution is 2.35. The lowest BCUT2D eigenvalue weighted by atomic mass is 10.0. The minimum atomic E-state index is -0.518. The maximum Gasteiger partial charge on any atom is 0.333 e. The number of carbonyl (C=O) groups is 2. The van der Waals surface area contributed by atoms with Crippen molar-refractivity contribution < 1.29 is 19.1 Å². The van der Waals surface area contributed by atoms with Crippen molar-refractivity contribution in [1.29, 1.82) is 0 Å². The van der Waals surface area contributed by atoms with Gasteiger partial charge in [-0.05, 0) is 68.3 Å². The van der Waals surface area contributed by atoms with Crippen LogP contribution in [0.2, 0.25) is 5.02 Å². The van der Waals surface area contributed by atoms with E-state index in [0.29, 0.717) is 47.4 Å². The van der Waals surface area contributed by atoms with E-state index in [0.717, 1.165) is 10.5 Å². The van der Waals surface area contributed by atoms with E-state index < -0.39 is 11.9 Å². The molecule has 0 atom stereocenters. The Labute approximate surface area is 180 Å². The van der Waals surface area contributed by atoms with Gasteiger partial charge in [-0.2, -0.15) is 0 Å². The Morgan fingerprint density at radius 2 is 1.80 bits per heavy atom. The number of rotatable bonds is 8. The third-order valence-electron chi connectivity index (χ3n) is 4.38. The SMILES string of the molecule is C=CCc1cc(/C=C2/NC(=O)N(c3ccc(Cl)cc3)C2=O)cc(OCC)c1OCC. The van der Waals surface area contributed by atoms with Gasteiger partial charge in [0.1, 0.15) is 5.70 Å². The summed E-state index contributed by atoms with van der Waals surface area (Å²) in [6, 6.07) is 9.66. The number of allylic oxidation sites excluding steroid dienone is 1. The van der Waals surface area contributed by atoms with E-state index in [9.17, 15) is 9.59 Å². The average Bonchev–Trinajstić information content (AvgIpc) is 2.99. The van der Waals surface area contributed by atoms with E-state index in [1.54, 1.807) is 42.5 Å². The molecule has 3 amide bonds. The first kappa shape index (κ1) is 21.5. The fourth-order valence-electron chi connectivity index (χ4n) is 3.17. The minimum absolute atomic E-state index is 0.172. The lowest BCUT2D eigenvalue weighted by Crippen LogP contribution is -2.30. The van der Waals surface area contributed by atoms with Crippen LogP contribution in [0.15, 0.2) is 54.8 Å². The predicted octanol–water partition coefficient (Wildman–Crippen LogP) is 4.96. The van der Waals surface area contributed by atoms with Gasteiger partial charge >= 0.3 is 6.03 Å². The molecule has 0 aromatic heterocycles. The molecule has 0 spiro atoms. The number of nitrogens with zero attached hydrogens (tertiary/aromatic N) is 1. The molecule has 1 saturated heterocycles. The molecular formula is C23H23ClN2O4. The third-order valence-corrected chi connectivity index (χ3v) is 4.63. The molecule has 2 aromatic carbocycles. The molecule has 0 unspecified atom stereocenters. The topological polar surface area (TPSA) is 67.9 Å². The van der Waals surface area contributed by atoms with Crippen molar-refractivity contribution in [3.8, 4) is 11.5 Å². The second-order valence-corrected chi connectivity index (χ2v) is 6.91. The number of benzene rings is 2. The molecule has 0 saturated carbocycles. The zero-order valence-electron chi connectivity index (χ0n) is 16.9. The molecule has 1 N–H and O–H groups in total. The molecule has 1 fully saturated rings. The summed E-state index contributed by atoms with van der Waals surface area (Å²) >= 11 is 5.90. The lowest BCUT2D eigenvalue weighted by molar-refractivity contribution is -0.113. The summed E-state index contributed by atoms with van der Waals surface area (Å²) in [5.41, 5.74) is 2.21. The van der Waals surface area contributed by atoms with Crippen LogP contribution in [-0.2, 0) is 11.2 Å². The summed E-state index contributed by atoms with van der Waals surface area (Å²) in [5, 5.41) is 3.15. The van der Waals surface area contributed by atoms with Crippen molar-refractivity contribution in [2.45, 2.75) is 20.3 Å². The highest BCUT2D eigenvalue weighted by Gasteiger charge is 2.34. The van der Waals surface area contributed by atoms with Crippen LogP contribution in [0.25, 0.3) is 6.08 Å². The maximum absolute atomic E-state index is 12.9. The molecule has 3 rings (SSSR count). The number of carbonyl (C=O) groups excluding carboxylic acids is 2. The van der Waals surface area contributed by atoms with Crippen molar-refractivity contribution in [2.75, 3.05) is 18.1 Å². The van der Waals surface area contributed by atoms with Crippen molar-refractivity contribution in [3.05, 3.63) is 70.9 Å². The van der Waals surface area contributed by atoms with E-state index in [1.165, 1.54) is 0 Å². The molecule has 1 aliphatic heterocycles. The first-order valence-corrected chi connectivity index (χ1v) is 10.0. The van der Waals surface area contributed by atoms with Crippen molar-refractivity contribution in [1.82, 2.24) is 5.32 Å². The molecular weight excluding hydrogens is 404 g/mol.